The van der Waals surface area contributed by atoms with Crippen LogP contribution in [0.1, 0.15) is 51.4 Å². The van der Waals surface area contributed by atoms with Gasteiger partial charge in [0, 0.05) is 44.5 Å². The number of fused-ring (bicyclic) bond motifs is 6. The van der Waals surface area contributed by atoms with Crippen molar-refractivity contribution < 1.29 is 22.7 Å². The molecule has 3 aromatic rings. The van der Waals surface area contributed by atoms with Crippen molar-refractivity contribution in [3.05, 3.63) is 36.5 Å². The number of aliphatic hydroxyl groups excluding tert-OH is 1. The van der Waals surface area contributed by atoms with Gasteiger partial charge in [-0.1, -0.05) is 0 Å². The summed E-state index contributed by atoms with van der Waals surface area (Å²) >= 11 is 0. The van der Waals surface area contributed by atoms with Crippen LogP contribution in [-0.4, -0.2) is 78.9 Å². The molecule has 11 nitrogen and oxygen atoms in total. The standard InChI is InChI=1S/C30H38N6O5S/c37-23-10-15-40-24-8-13-35(14-9-24)27-18-22(34-42(38,39)25-4-5-25)3-6-26(27)30-33-32-29(41-30)21-7-11-31-28(17-21)36-12-1-2-20(16-23)19-36/h3,6-7,11,17-18,20,23-25,34,37H,1-2,4-5,8-10,12-16,19H2. The highest BCUT2D eigenvalue weighted by atomic mass is 32.2. The number of aromatic nitrogens is 3. The maximum atomic E-state index is 12.7. The highest BCUT2D eigenvalue weighted by Crippen LogP contribution is 2.38. The molecule has 12 heteroatoms. The van der Waals surface area contributed by atoms with Crippen LogP contribution >= 0.6 is 0 Å². The van der Waals surface area contributed by atoms with Gasteiger partial charge in [-0.2, -0.15) is 0 Å². The number of ether oxygens (including phenoxy) is 1. The molecule has 5 aliphatic rings. The smallest absolute Gasteiger partial charge is 0.250 e. The molecule has 3 fully saturated rings. The third-order valence-electron chi connectivity index (χ3n) is 8.90. The Balaban J connectivity index is 1.24. The number of nitrogens with one attached hydrogen (secondary N) is 1. The van der Waals surface area contributed by atoms with Crippen LogP contribution in [0.25, 0.3) is 22.9 Å². The normalized spacial score (nSPS) is 25.1. The minimum atomic E-state index is -3.40. The molecular formula is C30H38N6O5S. The first-order chi connectivity index (χ1) is 20.4. The second kappa shape index (κ2) is 11.5. The fraction of sp³-hybridized carbons (Fsp3) is 0.567. The predicted molar refractivity (Wildman–Crippen MR) is 160 cm³/mol. The molecule has 0 spiro atoms. The van der Waals surface area contributed by atoms with E-state index in [0.29, 0.717) is 49.3 Å². The summed E-state index contributed by atoms with van der Waals surface area (Å²) in [4.78, 5) is 9.15. The fourth-order valence-corrected chi connectivity index (χ4v) is 7.82. The molecule has 8 rings (SSSR count). The highest BCUT2D eigenvalue weighted by Gasteiger charge is 2.36. The number of aliphatic hydroxyl groups is 1. The van der Waals surface area contributed by atoms with E-state index in [2.05, 4.69) is 29.7 Å². The number of pyridine rings is 1. The Morgan fingerprint density at radius 1 is 0.929 bits per heavy atom. The zero-order valence-electron chi connectivity index (χ0n) is 23.7. The van der Waals surface area contributed by atoms with Crippen LogP contribution in [0.3, 0.4) is 0 Å². The van der Waals surface area contributed by atoms with Crippen molar-refractivity contribution in [1.29, 1.82) is 0 Å². The Morgan fingerprint density at radius 3 is 2.60 bits per heavy atom. The van der Waals surface area contributed by atoms with E-state index < -0.39 is 10.0 Å². The van der Waals surface area contributed by atoms with Crippen molar-refractivity contribution in [2.24, 2.45) is 5.92 Å². The topological polar surface area (TPSA) is 134 Å². The van der Waals surface area contributed by atoms with Crippen LogP contribution in [0.5, 0.6) is 0 Å². The number of rotatable bonds is 3. The summed E-state index contributed by atoms with van der Waals surface area (Å²) in [5.41, 5.74) is 2.93. The first-order valence-corrected chi connectivity index (χ1v) is 16.7. The van der Waals surface area contributed by atoms with E-state index in [4.69, 9.17) is 9.15 Å². The van der Waals surface area contributed by atoms with Crippen molar-refractivity contribution in [2.75, 3.05) is 47.3 Å². The second-order valence-corrected chi connectivity index (χ2v) is 14.0. The molecule has 4 aliphatic heterocycles. The van der Waals surface area contributed by atoms with Crippen molar-refractivity contribution in [3.8, 4) is 22.9 Å². The maximum absolute atomic E-state index is 12.7. The van der Waals surface area contributed by atoms with Gasteiger partial charge in [-0.3, -0.25) is 4.72 Å². The molecular weight excluding hydrogens is 556 g/mol. The molecule has 224 valence electrons. The zero-order chi connectivity index (χ0) is 28.7. The van der Waals surface area contributed by atoms with E-state index in [0.717, 1.165) is 80.9 Å². The Kier molecular flexibility index (Phi) is 7.53. The summed E-state index contributed by atoms with van der Waals surface area (Å²) in [6, 6.07) is 9.36. The van der Waals surface area contributed by atoms with Crippen molar-refractivity contribution >= 4 is 27.2 Å². The summed E-state index contributed by atoms with van der Waals surface area (Å²) < 4.78 is 40.6. The van der Waals surface area contributed by atoms with Gasteiger partial charge in [0.1, 0.15) is 5.82 Å². The summed E-state index contributed by atoms with van der Waals surface area (Å²) in [5.74, 6) is 2.05. The second-order valence-electron chi connectivity index (χ2n) is 12.1. The largest absolute Gasteiger partial charge is 0.416 e. The molecule has 0 radical (unpaired) electrons. The van der Waals surface area contributed by atoms with E-state index in [9.17, 15) is 13.5 Å². The van der Waals surface area contributed by atoms with Gasteiger partial charge >= 0.3 is 0 Å². The van der Waals surface area contributed by atoms with Gasteiger partial charge in [-0.25, -0.2) is 13.4 Å². The van der Waals surface area contributed by atoms with Gasteiger partial charge in [-0.05, 0) is 87.6 Å². The fourth-order valence-electron chi connectivity index (χ4n) is 6.44. The lowest BCUT2D eigenvalue weighted by atomic mass is 9.91. The molecule has 2 aromatic heterocycles. The monoisotopic (exact) mass is 594 g/mol. The van der Waals surface area contributed by atoms with E-state index in [1.807, 2.05) is 24.3 Å². The van der Waals surface area contributed by atoms with Crippen LogP contribution in [-0.2, 0) is 14.8 Å². The van der Waals surface area contributed by atoms with Crippen molar-refractivity contribution in [3.63, 3.8) is 0 Å². The van der Waals surface area contributed by atoms with Crippen LogP contribution in [0.4, 0.5) is 17.2 Å². The van der Waals surface area contributed by atoms with Gasteiger partial charge in [-0.15, -0.1) is 10.2 Å². The van der Waals surface area contributed by atoms with Crippen LogP contribution in [0, 0.1) is 5.92 Å². The third kappa shape index (κ3) is 5.97. The van der Waals surface area contributed by atoms with Gasteiger partial charge < -0.3 is 24.1 Å². The lowest BCUT2D eigenvalue weighted by Gasteiger charge is -2.35. The zero-order valence-corrected chi connectivity index (χ0v) is 24.5. The molecule has 42 heavy (non-hydrogen) atoms. The molecule has 2 saturated heterocycles. The Bertz CT molecular complexity index is 1520. The number of nitrogens with zero attached hydrogens (tertiary/aromatic N) is 5. The summed E-state index contributed by atoms with van der Waals surface area (Å²) in [6.07, 6.45) is 8.11. The maximum Gasteiger partial charge on any atom is 0.250 e. The Labute approximate surface area is 246 Å². The summed E-state index contributed by atoms with van der Waals surface area (Å²) in [7, 11) is -3.40. The molecule has 1 aromatic carbocycles. The number of anilines is 3. The summed E-state index contributed by atoms with van der Waals surface area (Å²) in [6.45, 7) is 3.79. The molecule has 1 saturated carbocycles. The molecule has 2 N–H and O–H groups in total. The van der Waals surface area contributed by atoms with Gasteiger partial charge in [0.05, 0.1) is 34.4 Å². The third-order valence-corrected chi connectivity index (χ3v) is 10.8. The van der Waals surface area contributed by atoms with Crippen LogP contribution in [0.15, 0.2) is 40.9 Å². The first kappa shape index (κ1) is 27.6. The molecule has 8 bridgehead atoms. The van der Waals surface area contributed by atoms with Crippen LogP contribution in [0.2, 0.25) is 0 Å². The van der Waals surface area contributed by atoms with Gasteiger partial charge in [0.25, 0.3) is 0 Å². The average molecular weight is 595 g/mol. The van der Waals surface area contributed by atoms with Crippen molar-refractivity contribution in [1.82, 2.24) is 15.2 Å². The van der Waals surface area contributed by atoms with E-state index in [1.54, 1.807) is 12.3 Å². The lowest BCUT2D eigenvalue weighted by Crippen LogP contribution is -2.38. The minimum Gasteiger partial charge on any atom is -0.416 e. The number of hydrogen-bond acceptors (Lipinski definition) is 10. The quantitative estimate of drug-likeness (QED) is 0.457. The number of sulfonamides is 1. The van der Waals surface area contributed by atoms with E-state index in [-0.39, 0.29) is 17.5 Å². The minimum absolute atomic E-state index is 0.121. The molecule has 6 heterocycles. The average Bonchev–Trinajstić information content (AvgIpc) is 3.76. The molecule has 2 atom stereocenters. The Hall–Kier alpha value is -3.22. The number of hydrogen-bond donors (Lipinski definition) is 2. The van der Waals surface area contributed by atoms with Gasteiger partial charge in [0.15, 0.2) is 0 Å². The summed E-state index contributed by atoms with van der Waals surface area (Å²) in [5, 5.41) is 19.3. The Morgan fingerprint density at radius 2 is 1.76 bits per heavy atom. The predicted octanol–water partition coefficient (Wildman–Crippen LogP) is 4.06. The van der Waals surface area contributed by atoms with Crippen LogP contribution < -0.4 is 14.5 Å². The number of benzene rings is 1. The van der Waals surface area contributed by atoms with E-state index in [1.165, 1.54) is 0 Å². The highest BCUT2D eigenvalue weighted by molar-refractivity contribution is 7.93. The van der Waals surface area contributed by atoms with Gasteiger partial charge in [0.2, 0.25) is 21.8 Å². The molecule has 0 amide bonds. The van der Waals surface area contributed by atoms with Crippen molar-refractivity contribution in [2.45, 2.75) is 68.8 Å². The lowest BCUT2D eigenvalue weighted by molar-refractivity contribution is 0.0116. The molecule has 1 aliphatic carbocycles. The van der Waals surface area contributed by atoms with E-state index >= 15 is 0 Å². The molecule has 2 unspecified atom stereocenters. The number of piperidine rings is 2. The first-order valence-electron chi connectivity index (χ1n) is 15.2. The SMILES string of the molecule is O=S(=O)(Nc1ccc2c(c1)N1CCC(CC1)OCCC(O)CC1CCCN(C1)c1cc(ccn1)-c1nnc-2o1)C1CC1.